The average Bonchev–Trinajstić information content (AvgIpc) is 2.71. The van der Waals surface area contributed by atoms with Gasteiger partial charge in [0.15, 0.2) is 0 Å². The summed E-state index contributed by atoms with van der Waals surface area (Å²) in [4.78, 5) is 9.33. The maximum atomic E-state index is 5.64. The fraction of sp³-hybridized carbons (Fsp3) is 0.700. The van der Waals surface area contributed by atoms with Crippen molar-refractivity contribution in [1.82, 2.24) is 20.2 Å². The molecule has 5 heteroatoms. The third-order valence-electron chi connectivity index (χ3n) is 2.51. The van der Waals surface area contributed by atoms with Gasteiger partial charge in [-0.2, -0.15) is 0 Å². The number of likely N-dealkylation sites (N-methyl/N-ethyl adjacent to an activating group) is 1. The second-order valence-electron chi connectivity index (χ2n) is 3.97. The molecule has 2 N–H and O–H groups in total. The van der Waals surface area contributed by atoms with E-state index in [2.05, 4.69) is 27.2 Å². The number of ether oxygens (including phenoxy) is 1. The molecule has 1 aliphatic rings. The van der Waals surface area contributed by atoms with Crippen molar-refractivity contribution in [3.05, 3.63) is 18.2 Å². The Labute approximate surface area is 89.8 Å². The van der Waals surface area contributed by atoms with E-state index in [0.717, 1.165) is 38.5 Å². The van der Waals surface area contributed by atoms with Gasteiger partial charge in [0.25, 0.3) is 0 Å². The zero-order valence-electron chi connectivity index (χ0n) is 9.07. The number of H-pyrrole nitrogens is 1. The highest BCUT2D eigenvalue weighted by Gasteiger charge is 2.15. The summed E-state index contributed by atoms with van der Waals surface area (Å²) in [7, 11) is 2.10. The molecule has 15 heavy (non-hydrogen) atoms. The number of morpholine rings is 1. The molecule has 1 fully saturated rings. The summed E-state index contributed by atoms with van der Waals surface area (Å²) in [6, 6.07) is 0. The lowest BCUT2D eigenvalue weighted by Gasteiger charge is -2.27. The molecule has 0 saturated carbocycles. The van der Waals surface area contributed by atoms with Crippen molar-refractivity contribution in [1.29, 1.82) is 0 Å². The van der Waals surface area contributed by atoms with E-state index >= 15 is 0 Å². The van der Waals surface area contributed by atoms with Crippen LogP contribution in [0.15, 0.2) is 12.5 Å². The number of nitrogens with zero attached hydrogens (tertiary/aromatic N) is 2. The number of hydrogen-bond acceptors (Lipinski definition) is 4. The van der Waals surface area contributed by atoms with E-state index in [1.165, 1.54) is 0 Å². The molecular weight excluding hydrogens is 192 g/mol. The van der Waals surface area contributed by atoms with Gasteiger partial charge in [0.05, 0.1) is 19.0 Å². The summed E-state index contributed by atoms with van der Waals surface area (Å²) in [5.41, 5.74) is 1.14. The number of hydrogen-bond donors (Lipinski definition) is 2. The number of imidazole rings is 1. The van der Waals surface area contributed by atoms with Gasteiger partial charge in [0.2, 0.25) is 0 Å². The number of aromatic nitrogens is 2. The quantitative estimate of drug-likeness (QED) is 0.724. The van der Waals surface area contributed by atoms with Crippen LogP contribution in [0.5, 0.6) is 0 Å². The minimum atomic E-state index is 0.312. The van der Waals surface area contributed by atoms with Crippen LogP contribution < -0.4 is 5.32 Å². The number of rotatable bonds is 4. The van der Waals surface area contributed by atoms with Crippen molar-refractivity contribution in [2.45, 2.75) is 12.6 Å². The van der Waals surface area contributed by atoms with Crippen molar-refractivity contribution in [3.63, 3.8) is 0 Å². The van der Waals surface area contributed by atoms with Gasteiger partial charge in [-0.1, -0.05) is 0 Å². The highest BCUT2D eigenvalue weighted by Crippen LogP contribution is 2.02. The van der Waals surface area contributed by atoms with Crippen molar-refractivity contribution in [3.8, 4) is 0 Å². The summed E-state index contributed by atoms with van der Waals surface area (Å²) in [6.07, 6.45) is 3.88. The van der Waals surface area contributed by atoms with E-state index in [1.54, 1.807) is 6.33 Å². The van der Waals surface area contributed by atoms with Gasteiger partial charge in [-0.05, 0) is 7.05 Å². The molecule has 1 aromatic rings. The second-order valence-corrected chi connectivity index (χ2v) is 3.97. The summed E-state index contributed by atoms with van der Waals surface area (Å²) < 4.78 is 5.64. The maximum absolute atomic E-state index is 5.64. The zero-order valence-corrected chi connectivity index (χ0v) is 9.07. The van der Waals surface area contributed by atoms with E-state index in [0.29, 0.717) is 6.10 Å². The second kappa shape index (κ2) is 5.25. The Balaban J connectivity index is 1.74. The van der Waals surface area contributed by atoms with Crippen LogP contribution >= 0.6 is 0 Å². The Kier molecular flexibility index (Phi) is 3.71. The van der Waals surface area contributed by atoms with E-state index < -0.39 is 0 Å². The Hall–Kier alpha value is -0.910. The lowest BCUT2D eigenvalue weighted by Crippen LogP contribution is -2.44. The van der Waals surface area contributed by atoms with Gasteiger partial charge in [-0.15, -0.1) is 0 Å². The topological polar surface area (TPSA) is 53.2 Å². The smallest absolute Gasteiger partial charge is 0.0922 e. The molecule has 1 aliphatic heterocycles. The van der Waals surface area contributed by atoms with E-state index in [9.17, 15) is 0 Å². The van der Waals surface area contributed by atoms with Gasteiger partial charge >= 0.3 is 0 Å². The average molecular weight is 210 g/mol. The van der Waals surface area contributed by atoms with Crippen molar-refractivity contribution in [2.75, 3.05) is 33.3 Å². The Bertz CT molecular complexity index is 269. The lowest BCUT2D eigenvalue weighted by atomic mass is 10.3. The molecule has 1 atom stereocenters. The van der Waals surface area contributed by atoms with Crippen LogP contribution in [0.1, 0.15) is 5.69 Å². The predicted octanol–water partition coefficient (Wildman–Crippen LogP) is -0.170. The Morgan fingerprint density at radius 2 is 2.60 bits per heavy atom. The fourth-order valence-corrected chi connectivity index (χ4v) is 1.81. The van der Waals surface area contributed by atoms with Gasteiger partial charge in [-0.3, -0.25) is 4.90 Å². The molecule has 0 amide bonds. The molecule has 0 aromatic carbocycles. The third-order valence-corrected chi connectivity index (χ3v) is 2.51. The summed E-state index contributed by atoms with van der Waals surface area (Å²) in [5.74, 6) is 0. The molecule has 5 nitrogen and oxygen atoms in total. The number of nitrogens with one attached hydrogen (secondary N) is 2. The van der Waals surface area contributed by atoms with Crippen LogP contribution in [-0.4, -0.2) is 54.3 Å². The third kappa shape index (κ3) is 3.30. The molecule has 0 bridgehead atoms. The molecule has 0 radical (unpaired) electrons. The first-order chi connectivity index (χ1) is 7.34. The van der Waals surface area contributed by atoms with E-state index in [1.807, 2.05) is 6.20 Å². The first-order valence-electron chi connectivity index (χ1n) is 5.32. The Morgan fingerprint density at radius 1 is 1.67 bits per heavy atom. The summed E-state index contributed by atoms with van der Waals surface area (Å²) in [5, 5.41) is 3.33. The molecular formula is C10H18N4O. The molecule has 0 spiro atoms. The molecule has 1 saturated heterocycles. The van der Waals surface area contributed by atoms with Crippen LogP contribution in [0.2, 0.25) is 0 Å². The minimum absolute atomic E-state index is 0.312. The summed E-state index contributed by atoms with van der Waals surface area (Å²) >= 11 is 0. The van der Waals surface area contributed by atoms with Crippen molar-refractivity contribution in [2.24, 2.45) is 0 Å². The highest BCUT2D eigenvalue weighted by atomic mass is 16.5. The maximum Gasteiger partial charge on any atom is 0.0922 e. The fourth-order valence-electron chi connectivity index (χ4n) is 1.81. The van der Waals surface area contributed by atoms with Crippen LogP contribution in [0.4, 0.5) is 0 Å². The van der Waals surface area contributed by atoms with Crippen LogP contribution in [0.25, 0.3) is 0 Å². The van der Waals surface area contributed by atoms with Crippen molar-refractivity contribution >= 4 is 0 Å². The standard InChI is InChI=1S/C10H18N4O/c1-14(6-9-4-12-8-13-9)7-10-5-11-2-3-15-10/h4,8,10-11H,2-3,5-7H2,1H3,(H,12,13). The van der Waals surface area contributed by atoms with Crippen LogP contribution in [0.3, 0.4) is 0 Å². The Morgan fingerprint density at radius 3 is 3.27 bits per heavy atom. The van der Waals surface area contributed by atoms with Gasteiger partial charge in [-0.25, -0.2) is 4.98 Å². The van der Waals surface area contributed by atoms with Gasteiger partial charge in [0, 0.05) is 38.1 Å². The molecule has 1 unspecified atom stereocenters. The first-order valence-corrected chi connectivity index (χ1v) is 5.32. The molecule has 2 heterocycles. The molecule has 2 rings (SSSR count). The highest BCUT2D eigenvalue weighted by molar-refractivity contribution is 4.93. The molecule has 1 aromatic heterocycles. The molecule has 0 aliphatic carbocycles. The predicted molar refractivity (Wildman–Crippen MR) is 57.5 cm³/mol. The summed E-state index contributed by atoms with van der Waals surface area (Å²) in [6.45, 7) is 4.59. The molecule has 84 valence electrons. The monoisotopic (exact) mass is 210 g/mol. The minimum Gasteiger partial charge on any atom is -0.374 e. The normalized spacial score (nSPS) is 22.1. The number of aromatic amines is 1. The van der Waals surface area contributed by atoms with Crippen LogP contribution in [0, 0.1) is 0 Å². The van der Waals surface area contributed by atoms with E-state index in [-0.39, 0.29) is 0 Å². The first kappa shape index (κ1) is 10.6. The van der Waals surface area contributed by atoms with Crippen LogP contribution in [-0.2, 0) is 11.3 Å². The SMILES string of the molecule is CN(Cc1cnc[nH]1)CC1CNCCO1. The van der Waals surface area contributed by atoms with Crippen molar-refractivity contribution < 1.29 is 4.74 Å². The largest absolute Gasteiger partial charge is 0.374 e. The lowest BCUT2D eigenvalue weighted by molar-refractivity contribution is 0.00869. The zero-order chi connectivity index (χ0) is 10.5. The van der Waals surface area contributed by atoms with Gasteiger partial charge < -0.3 is 15.0 Å². The van der Waals surface area contributed by atoms with Gasteiger partial charge in [0.1, 0.15) is 0 Å². The van der Waals surface area contributed by atoms with E-state index in [4.69, 9.17) is 4.74 Å².